The molecule has 0 saturated heterocycles. The van der Waals surface area contributed by atoms with Gasteiger partial charge in [0.15, 0.2) is 5.60 Å². The van der Waals surface area contributed by atoms with Crippen molar-refractivity contribution in [2.24, 2.45) is 0 Å². The molecule has 116 valence electrons. The highest BCUT2D eigenvalue weighted by molar-refractivity contribution is 5.50. The first-order chi connectivity index (χ1) is 10.6. The average Bonchev–Trinajstić information content (AvgIpc) is 2.56. The van der Waals surface area contributed by atoms with Gasteiger partial charge in [0, 0.05) is 7.11 Å². The van der Waals surface area contributed by atoms with Crippen LogP contribution in [0.4, 0.5) is 0 Å². The maximum atomic E-state index is 11.2. The highest BCUT2D eigenvalue weighted by Crippen LogP contribution is 2.51. The molecule has 3 unspecified atom stereocenters. The van der Waals surface area contributed by atoms with Crippen LogP contribution in [0.15, 0.2) is 48.5 Å². The molecule has 0 aromatic heterocycles. The Kier molecular flexibility index (Phi) is 3.78. The van der Waals surface area contributed by atoms with Crippen molar-refractivity contribution < 1.29 is 24.4 Å². The first kappa shape index (κ1) is 14.8. The van der Waals surface area contributed by atoms with Crippen LogP contribution in [-0.2, 0) is 10.3 Å². The summed E-state index contributed by atoms with van der Waals surface area (Å²) in [5.74, 6) is 0.963. The highest BCUT2D eigenvalue weighted by atomic mass is 16.6. The van der Waals surface area contributed by atoms with Gasteiger partial charge in [-0.25, -0.2) is 0 Å². The van der Waals surface area contributed by atoms with Crippen molar-refractivity contribution in [3.05, 3.63) is 59.7 Å². The van der Waals surface area contributed by atoms with Gasteiger partial charge in [-0.1, -0.05) is 36.4 Å². The number of methoxy groups -OCH3 is 2. The smallest absolute Gasteiger partial charge is 0.233 e. The molecule has 0 saturated carbocycles. The van der Waals surface area contributed by atoms with E-state index in [2.05, 4.69) is 0 Å². The normalized spacial score (nSPS) is 26.9. The van der Waals surface area contributed by atoms with Gasteiger partial charge < -0.3 is 24.4 Å². The summed E-state index contributed by atoms with van der Waals surface area (Å²) >= 11 is 0. The molecule has 0 fully saturated rings. The third-order valence-electron chi connectivity index (χ3n) is 3.99. The molecule has 0 aliphatic carbocycles. The Bertz CT molecular complexity index is 657. The Morgan fingerprint density at radius 1 is 1.05 bits per heavy atom. The molecule has 0 radical (unpaired) electrons. The molecule has 0 bridgehead atoms. The van der Waals surface area contributed by atoms with Crippen LogP contribution in [0.2, 0.25) is 0 Å². The monoisotopic (exact) mass is 302 g/mol. The van der Waals surface area contributed by atoms with E-state index >= 15 is 0 Å². The zero-order valence-electron chi connectivity index (χ0n) is 12.4. The molecule has 3 atom stereocenters. The minimum atomic E-state index is -1.74. The van der Waals surface area contributed by atoms with Crippen molar-refractivity contribution in [1.29, 1.82) is 0 Å². The maximum absolute atomic E-state index is 11.2. The van der Waals surface area contributed by atoms with Crippen molar-refractivity contribution in [2.75, 3.05) is 14.2 Å². The van der Waals surface area contributed by atoms with Gasteiger partial charge in [-0.3, -0.25) is 0 Å². The van der Waals surface area contributed by atoms with Crippen LogP contribution in [0.1, 0.15) is 17.2 Å². The van der Waals surface area contributed by atoms with Gasteiger partial charge in [0.2, 0.25) is 6.29 Å². The number of rotatable bonds is 3. The second kappa shape index (κ2) is 5.61. The minimum absolute atomic E-state index is 0.430. The summed E-state index contributed by atoms with van der Waals surface area (Å²) in [6.07, 6.45) is -2.29. The predicted octanol–water partition coefficient (Wildman–Crippen LogP) is 1.98. The fourth-order valence-corrected chi connectivity index (χ4v) is 2.92. The number of hydrogen-bond acceptors (Lipinski definition) is 5. The molecule has 2 N–H and O–H groups in total. The number of ether oxygens (including phenoxy) is 3. The molecule has 1 heterocycles. The van der Waals surface area contributed by atoms with Gasteiger partial charge in [0.1, 0.15) is 17.6 Å². The molecule has 2 aromatic carbocycles. The fourth-order valence-electron chi connectivity index (χ4n) is 2.92. The van der Waals surface area contributed by atoms with E-state index in [9.17, 15) is 10.2 Å². The lowest BCUT2D eigenvalue weighted by Crippen LogP contribution is -2.51. The van der Waals surface area contributed by atoms with Crippen LogP contribution < -0.4 is 9.47 Å². The van der Waals surface area contributed by atoms with Crippen molar-refractivity contribution in [3.8, 4) is 11.5 Å². The van der Waals surface area contributed by atoms with Gasteiger partial charge >= 0.3 is 0 Å². The van der Waals surface area contributed by atoms with E-state index in [0.29, 0.717) is 22.6 Å². The first-order valence-corrected chi connectivity index (χ1v) is 6.95. The summed E-state index contributed by atoms with van der Waals surface area (Å²) in [4.78, 5) is 0. The third kappa shape index (κ3) is 2.06. The van der Waals surface area contributed by atoms with Gasteiger partial charge in [0.05, 0.1) is 12.7 Å². The number of fused-ring (bicyclic) bond motifs is 1. The SMILES string of the molecule is COc1cccc2c1C(OC)C(O)(c1ccccc1)C(O)O2. The number of aliphatic hydroxyl groups is 2. The Labute approximate surface area is 128 Å². The lowest BCUT2D eigenvalue weighted by molar-refractivity contribution is -0.240. The summed E-state index contributed by atoms with van der Waals surface area (Å²) in [5.41, 5.74) is -0.660. The lowest BCUT2D eigenvalue weighted by atomic mass is 9.81. The van der Waals surface area contributed by atoms with E-state index in [1.807, 2.05) is 6.07 Å². The fraction of sp³-hybridized carbons (Fsp3) is 0.294. The number of benzene rings is 2. The quantitative estimate of drug-likeness (QED) is 0.907. The molecule has 5 nitrogen and oxygen atoms in total. The molecule has 3 rings (SSSR count). The van der Waals surface area contributed by atoms with E-state index in [1.54, 1.807) is 42.5 Å². The van der Waals surface area contributed by atoms with Gasteiger partial charge in [-0.2, -0.15) is 0 Å². The summed E-state index contributed by atoms with van der Waals surface area (Å²) in [5, 5.41) is 21.6. The molecular weight excluding hydrogens is 284 g/mol. The maximum Gasteiger partial charge on any atom is 0.233 e. The van der Waals surface area contributed by atoms with Gasteiger partial charge in [-0.05, 0) is 17.7 Å². The third-order valence-corrected chi connectivity index (χ3v) is 3.99. The molecule has 5 heteroatoms. The Balaban J connectivity index is 2.20. The summed E-state index contributed by atoms with van der Waals surface area (Å²) in [6.45, 7) is 0. The topological polar surface area (TPSA) is 68.2 Å². The van der Waals surface area contributed by atoms with E-state index in [4.69, 9.17) is 14.2 Å². The van der Waals surface area contributed by atoms with Crippen molar-refractivity contribution in [1.82, 2.24) is 0 Å². The van der Waals surface area contributed by atoms with E-state index < -0.39 is 18.0 Å². The van der Waals surface area contributed by atoms with Gasteiger partial charge in [-0.15, -0.1) is 0 Å². The number of aliphatic hydroxyl groups excluding tert-OH is 1. The Hall–Kier alpha value is -2.08. The first-order valence-electron chi connectivity index (χ1n) is 6.95. The van der Waals surface area contributed by atoms with Gasteiger partial charge in [0.25, 0.3) is 0 Å². The minimum Gasteiger partial charge on any atom is -0.496 e. The van der Waals surface area contributed by atoms with Crippen molar-refractivity contribution in [2.45, 2.75) is 18.0 Å². The van der Waals surface area contributed by atoms with Crippen LogP contribution >= 0.6 is 0 Å². The molecule has 22 heavy (non-hydrogen) atoms. The standard InChI is InChI=1S/C17H18O5/c1-20-12-9-6-10-13-14(12)15(21-2)17(19,16(18)22-13)11-7-4-3-5-8-11/h3-10,15-16,18-19H,1-2H3. The average molecular weight is 302 g/mol. The zero-order valence-corrected chi connectivity index (χ0v) is 12.4. The molecule has 2 aromatic rings. The van der Waals surface area contributed by atoms with E-state index in [-0.39, 0.29) is 0 Å². The summed E-state index contributed by atoms with van der Waals surface area (Å²) in [7, 11) is 3.02. The van der Waals surface area contributed by atoms with Crippen LogP contribution in [-0.4, -0.2) is 30.7 Å². The van der Waals surface area contributed by atoms with Crippen molar-refractivity contribution >= 4 is 0 Å². The second-order valence-corrected chi connectivity index (χ2v) is 5.15. The summed E-state index contributed by atoms with van der Waals surface area (Å²) < 4.78 is 16.4. The van der Waals surface area contributed by atoms with Crippen LogP contribution in [0.5, 0.6) is 11.5 Å². The lowest BCUT2D eigenvalue weighted by Gasteiger charge is -2.43. The van der Waals surface area contributed by atoms with E-state index in [1.165, 1.54) is 14.2 Å². The second-order valence-electron chi connectivity index (χ2n) is 5.15. The molecule has 0 amide bonds. The van der Waals surface area contributed by atoms with Crippen LogP contribution in [0.3, 0.4) is 0 Å². The van der Waals surface area contributed by atoms with Crippen LogP contribution in [0.25, 0.3) is 0 Å². The highest BCUT2D eigenvalue weighted by Gasteiger charge is 2.53. The van der Waals surface area contributed by atoms with E-state index in [0.717, 1.165) is 0 Å². The van der Waals surface area contributed by atoms with Crippen LogP contribution in [0, 0.1) is 0 Å². The Morgan fingerprint density at radius 2 is 1.77 bits per heavy atom. The molecular formula is C17H18O5. The summed E-state index contributed by atoms with van der Waals surface area (Å²) in [6, 6.07) is 14.1. The largest absolute Gasteiger partial charge is 0.496 e. The van der Waals surface area contributed by atoms with Crippen molar-refractivity contribution in [3.63, 3.8) is 0 Å². The predicted molar refractivity (Wildman–Crippen MR) is 79.7 cm³/mol. The number of hydrogen-bond donors (Lipinski definition) is 2. The molecule has 1 aliphatic rings. The molecule has 1 aliphatic heterocycles. The Morgan fingerprint density at radius 3 is 2.41 bits per heavy atom. The zero-order chi connectivity index (χ0) is 15.7. The molecule has 0 spiro atoms.